The predicted molar refractivity (Wildman–Crippen MR) is 96.7 cm³/mol. The van der Waals surface area contributed by atoms with Crippen molar-refractivity contribution in [1.82, 2.24) is 5.32 Å². The van der Waals surface area contributed by atoms with Gasteiger partial charge in [0.1, 0.15) is 17.4 Å². The Balaban J connectivity index is 1.66. The number of carbonyl (C=O) groups is 1. The highest BCUT2D eigenvalue weighted by atomic mass is 32.2. The van der Waals surface area contributed by atoms with Crippen molar-refractivity contribution in [2.45, 2.75) is 18.1 Å². The van der Waals surface area contributed by atoms with Crippen molar-refractivity contribution >= 4 is 21.6 Å². The molecule has 2 amide bonds. The lowest BCUT2D eigenvalue weighted by Crippen LogP contribution is -2.37. The Hall–Kier alpha value is -2.68. The van der Waals surface area contributed by atoms with Gasteiger partial charge in [-0.25, -0.2) is 22.0 Å². The zero-order valence-electron chi connectivity index (χ0n) is 14.2. The summed E-state index contributed by atoms with van der Waals surface area (Å²) in [5, 5.41) is 4.51. The minimum absolute atomic E-state index is 0.0201. The zero-order valence-corrected chi connectivity index (χ0v) is 15.1. The quantitative estimate of drug-likeness (QED) is 0.811. The van der Waals surface area contributed by atoms with Crippen LogP contribution in [0, 0.1) is 11.6 Å². The van der Waals surface area contributed by atoms with Gasteiger partial charge >= 0.3 is 6.03 Å². The first-order valence-corrected chi connectivity index (χ1v) is 10.0. The molecule has 0 bridgehead atoms. The molecule has 1 saturated heterocycles. The molecule has 144 valence electrons. The van der Waals surface area contributed by atoms with Gasteiger partial charge < -0.3 is 15.4 Å². The highest BCUT2D eigenvalue weighted by Gasteiger charge is 2.31. The van der Waals surface area contributed by atoms with Gasteiger partial charge in [-0.1, -0.05) is 12.1 Å². The summed E-state index contributed by atoms with van der Waals surface area (Å²) in [5.74, 6) is -1.30. The van der Waals surface area contributed by atoms with Gasteiger partial charge in [-0.05, 0) is 25.0 Å². The molecule has 6 nitrogen and oxygen atoms in total. The second kappa shape index (κ2) is 7.91. The van der Waals surface area contributed by atoms with Crippen LogP contribution in [0.25, 0.3) is 0 Å². The summed E-state index contributed by atoms with van der Waals surface area (Å²) in [6, 6.07) is 8.53. The lowest BCUT2D eigenvalue weighted by Gasteiger charge is -2.14. The van der Waals surface area contributed by atoms with E-state index >= 15 is 0 Å². The first kappa shape index (κ1) is 19.1. The summed E-state index contributed by atoms with van der Waals surface area (Å²) in [6.45, 7) is 0.0201. The molecule has 1 aliphatic heterocycles. The van der Waals surface area contributed by atoms with E-state index in [0.29, 0.717) is 12.8 Å². The number of anilines is 1. The van der Waals surface area contributed by atoms with Crippen LogP contribution in [0.3, 0.4) is 0 Å². The molecule has 0 radical (unpaired) electrons. The van der Waals surface area contributed by atoms with Crippen molar-refractivity contribution < 1.29 is 26.7 Å². The minimum Gasteiger partial charge on any atom is -0.455 e. The molecule has 1 fully saturated rings. The molecule has 1 atom stereocenters. The van der Waals surface area contributed by atoms with Gasteiger partial charge in [-0.3, -0.25) is 0 Å². The maximum atomic E-state index is 13.3. The van der Waals surface area contributed by atoms with Crippen LogP contribution >= 0.6 is 0 Å². The van der Waals surface area contributed by atoms with E-state index in [4.69, 9.17) is 4.74 Å². The van der Waals surface area contributed by atoms with E-state index in [1.54, 1.807) is 18.2 Å². The van der Waals surface area contributed by atoms with E-state index in [0.717, 1.165) is 18.2 Å². The number of hydrogen-bond acceptors (Lipinski definition) is 4. The van der Waals surface area contributed by atoms with Gasteiger partial charge in [-0.2, -0.15) is 0 Å². The molecule has 0 aliphatic carbocycles. The number of urea groups is 1. The van der Waals surface area contributed by atoms with Crippen molar-refractivity contribution in [1.29, 1.82) is 0 Å². The van der Waals surface area contributed by atoms with Gasteiger partial charge in [0.2, 0.25) is 0 Å². The smallest absolute Gasteiger partial charge is 0.319 e. The first-order chi connectivity index (χ1) is 12.8. The lowest BCUT2D eigenvalue weighted by atomic mass is 10.2. The maximum absolute atomic E-state index is 13.3. The third-order valence-electron chi connectivity index (χ3n) is 4.15. The normalized spacial score (nSPS) is 18.1. The zero-order chi connectivity index (χ0) is 19.4. The van der Waals surface area contributed by atoms with E-state index in [-0.39, 0.29) is 29.5 Å². The average Bonchev–Trinajstić information content (AvgIpc) is 2.92. The number of ether oxygens (including phenoxy) is 1. The van der Waals surface area contributed by atoms with Crippen LogP contribution < -0.4 is 15.4 Å². The number of nitrogens with one attached hydrogen (secondary N) is 2. The summed E-state index contributed by atoms with van der Waals surface area (Å²) in [5.41, 5.74) is 0.272. The third kappa shape index (κ3) is 4.94. The SMILES string of the molecule is O=C(NC[C@H]1CCCS1(=O)=O)Nc1ccccc1Oc1cc(F)cc(F)c1. The van der Waals surface area contributed by atoms with Crippen LogP contribution in [-0.2, 0) is 9.84 Å². The van der Waals surface area contributed by atoms with Crippen molar-refractivity contribution in [3.63, 3.8) is 0 Å². The Kier molecular flexibility index (Phi) is 5.59. The predicted octanol–water partition coefficient (Wildman–Crippen LogP) is 3.46. The molecule has 0 unspecified atom stereocenters. The molecule has 0 saturated carbocycles. The summed E-state index contributed by atoms with van der Waals surface area (Å²) in [7, 11) is -3.15. The molecule has 2 N–H and O–H groups in total. The van der Waals surface area contributed by atoms with Crippen LogP contribution in [0.5, 0.6) is 11.5 Å². The Morgan fingerprint density at radius 1 is 1.15 bits per heavy atom. The van der Waals surface area contributed by atoms with Crippen molar-refractivity contribution in [2.24, 2.45) is 0 Å². The molecule has 1 aliphatic rings. The maximum Gasteiger partial charge on any atom is 0.319 e. The van der Waals surface area contributed by atoms with Crippen LogP contribution in [0.2, 0.25) is 0 Å². The molecule has 1 heterocycles. The second-order valence-corrected chi connectivity index (χ2v) is 8.57. The summed E-state index contributed by atoms with van der Waals surface area (Å²) >= 11 is 0. The van der Waals surface area contributed by atoms with Gasteiger partial charge in [-0.15, -0.1) is 0 Å². The number of benzene rings is 2. The van der Waals surface area contributed by atoms with E-state index in [1.165, 1.54) is 6.07 Å². The van der Waals surface area contributed by atoms with Gasteiger partial charge in [0.15, 0.2) is 15.6 Å². The van der Waals surface area contributed by atoms with E-state index < -0.39 is 32.8 Å². The lowest BCUT2D eigenvalue weighted by molar-refractivity contribution is 0.252. The van der Waals surface area contributed by atoms with Gasteiger partial charge in [0, 0.05) is 24.7 Å². The number of sulfone groups is 1. The van der Waals surface area contributed by atoms with Gasteiger partial charge in [0.25, 0.3) is 0 Å². The Bertz CT molecular complexity index is 930. The largest absolute Gasteiger partial charge is 0.455 e. The fourth-order valence-corrected chi connectivity index (χ4v) is 4.60. The fourth-order valence-electron chi connectivity index (χ4n) is 2.83. The Morgan fingerprint density at radius 3 is 2.52 bits per heavy atom. The number of para-hydroxylation sites is 2. The van der Waals surface area contributed by atoms with Crippen LogP contribution in [0.1, 0.15) is 12.8 Å². The van der Waals surface area contributed by atoms with Crippen LogP contribution in [0.4, 0.5) is 19.3 Å². The highest BCUT2D eigenvalue weighted by Crippen LogP contribution is 2.30. The molecule has 2 aromatic rings. The van der Waals surface area contributed by atoms with Crippen LogP contribution in [0.15, 0.2) is 42.5 Å². The standard InChI is InChI=1S/C18H18F2N2O4S/c19-12-8-13(20)10-14(9-12)26-17-6-2-1-5-16(17)22-18(23)21-11-15-4-3-7-27(15,24)25/h1-2,5-6,8-10,15H,3-4,7,11H2,(H2,21,22,23)/t15-/m1/s1. The number of amides is 2. The molecule has 2 aromatic carbocycles. The molecule has 27 heavy (non-hydrogen) atoms. The highest BCUT2D eigenvalue weighted by molar-refractivity contribution is 7.92. The number of hydrogen-bond donors (Lipinski definition) is 2. The topological polar surface area (TPSA) is 84.5 Å². The minimum atomic E-state index is -3.15. The van der Waals surface area contributed by atoms with E-state index in [2.05, 4.69) is 10.6 Å². The van der Waals surface area contributed by atoms with Gasteiger partial charge in [0.05, 0.1) is 16.7 Å². The molecular formula is C18H18F2N2O4S. The third-order valence-corrected chi connectivity index (χ3v) is 6.43. The summed E-state index contributed by atoms with van der Waals surface area (Å²) in [4.78, 5) is 12.1. The molecular weight excluding hydrogens is 378 g/mol. The first-order valence-electron chi connectivity index (χ1n) is 8.33. The summed E-state index contributed by atoms with van der Waals surface area (Å²) in [6.07, 6.45) is 1.12. The number of halogens is 2. The molecule has 9 heteroatoms. The number of rotatable bonds is 5. The molecule has 3 rings (SSSR count). The molecule has 0 spiro atoms. The second-order valence-electron chi connectivity index (χ2n) is 6.17. The fraction of sp³-hybridized carbons (Fsp3) is 0.278. The molecule has 0 aromatic heterocycles. The number of carbonyl (C=O) groups excluding carboxylic acids is 1. The Labute approximate surface area is 155 Å². The van der Waals surface area contributed by atoms with Crippen LogP contribution in [-0.4, -0.2) is 32.0 Å². The average molecular weight is 396 g/mol. The van der Waals surface area contributed by atoms with Crippen molar-refractivity contribution in [3.05, 3.63) is 54.1 Å². The summed E-state index contributed by atoms with van der Waals surface area (Å²) < 4.78 is 55.7. The Morgan fingerprint density at radius 2 is 1.85 bits per heavy atom. The monoisotopic (exact) mass is 396 g/mol. The van der Waals surface area contributed by atoms with Crippen molar-refractivity contribution in [2.75, 3.05) is 17.6 Å². The van der Waals surface area contributed by atoms with Crippen molar-refractivity contribution in [3.8, 4) is 11.5 Å². The van der Waals surface area contributed by atoms with E-state index in [9.17, 15) is 22.0 Å². The van der Waals surface area contributed by atoms with E-state index in [1.807, 2.05) is 0 Å².